The molecule has 0 saturated heterocycles. The average molecular weight is 266 g/mol. The molecule has 0 atom stereocenters. The number of phenols is 1. The number of carboxylic acid groups (broad SMARTS) is 1. The molecule has 0 bridgehead atoms. The van der Waals surface area contributed by atoms with Crippen LogP contribution in [0.1, 0.15) is 50.7 Å². The van der Waals surface area contributed by atoms with E-state index in [0.29, 0.717) is 0 Å². The molecule has 0 saturated carbocycles. The fourth-order valence-corrected chi connectivity index (χ4v) is 2.17. The molecular weight excluding hydrogens is 244 g/mol. The Bertz CT molecular complexity index is 426. The summed E-state index contributed by atoms with van der Waals surface area (Å²) in [4.78, 5) is 10.6. The van der Waals surface area contributed by atoms with Crippen LogP contribution < -0.4 is 4.74 Å². The van der Waals surface area contributed by atoms with Crippen LogP contribution in [0.25, 0.3) is 0 Å². The van der Waals surface area contributed by atoms with Gasteiger partial charge in [0.15, 0.2) is 11.5 Å². The second-order valence-electron chi connectivity index (χ2n) is 4.63. The summed E-state index contributed by atoms with van der Waals surface area (Å²) in [6.45, 7) is 4.20. The second kappa shape index (κ2) is 7.67. The first-order valence-electron chi connectivity index (χ1n) is 6.84. The van der Waals surface area contributed by atoms with E-state index in [-0.39, 0.29) is 11.5 Å². The molecule has 19 heavy (non-hydrogen) atoms. The van der Waals surface area contributed by atoms with Gasteiger partial charge in [-0.15, -0.1) is 0 Å². The zero-order valence-corrected chi connectivity index (χ0v) is 11.6. The number of hydrogen-bond acceptors (Lipinski definition) is 3. The highest BCUT2D eigenvalue weighted by molar-refractivity contribution is 5.64. The van der Waals surface area contributed by atoms with Crippen molar-refractivity contribution in [1.29, 1.82) is 0 Å². The molecule has 4 nitrogen and oxygen atoms in total. The Morgan fingerprint density at radius 1 is 1.16 bits per heavy atom. The maximum Gasteiger partial charge on any atom is 0.511 e. The first-order chi connectivity index (χ1) is 9.10. The smallest absolute Gasteiger partial charge is 0.504 e. The third-order valence-electron chi connectivity index (χ3n) is 3.09. The molecule has 2 N–H and O–H groups in total. The van der Waals surface area contributed by atoms with Gasteiger partial charge in [-0.2, -0.15) is 0 Å². The molecule has 0 radical (unpaired) electrons. The van der Waals surface area contributed by atoms with Crippen LogP contribution in [0.3, 0.4) is 0 Å². The van der Waals surface area contributed by atoms with Gasteiger partial charge in [-0.3, -0.25) is 0 Å². The van der Waals surface area contributed by atoms with E-state index in [0.717, 1.165) is 49.7 Å². The summed E-state index contributed by atoms with van der Waals surface area (Å²) in [5, 5.41) is 18.8. The zero-order valence-electron chi connectivity index (χ0n) is 11.6. The summed E-state index contributed by atoms with van der Waals surface area (Å²) in [6.07, 6.45) is 4.40. The fourth-order valence-electron chi connectivity index (χ4n) is 2.17. The lowest BCUT2D eigenvalue weighted by molar-refractivity contribution is 0.142. The highest BCUT2D eigenvalue weighted by Gasteiger charge is 2.15. The van der Waals surface area contributed by atoms with Gasteiger partial charge in [0.2, 0.25) is 0 Å². The Morgan fingerprint density at radius 3 is 2.47 bits per heavy atom. The van der Waals surface area contributed by atoms with E-state index in [1.54, 1.807) is 0 Å². The third kappa shape index (κ3) is 4.47. The second-order valence-corrected chi connectivity index (χ2v) is 4.63. The minimum absolute atomic E-state index is 0.0237. The molecule has 1 rings (SSSR count). The highest BCUT2D eigenvalue weighted by atomic mass is 16.7. The lowest BCUT2D eigenvalue weighted by Gasteiger charge is -2.13. The van der Waals surface area contributed by atoms with Crippen molar-refractivity contribution in [2.45, 2.75) is 52.4 Å². The van der Waals surface area contributed by atoms with Gasteiger partial charge in [0.25, 0.3) is 0 Å². The van der Waals surface area contributed by atoms with Crippen molar-refractivity contribution in [2.75, 3.05) is 0 Å². The SMILES string of the molecule is CCCCCc1c(CCC)ccc(OC(=O)O)c1O. The molecule has 0 heterocycles. The van der Waals surface area contributed by atoms with Crippen molar-refractivity contribution in [2.24, 2.45) is 0 Å². The van der Waals surface area contributed by atoms with Gasteiger partial charge in [-0.1, -0.05) is 39.2 Å². The molecule has 0 fully saturated rings. The van der Waals surface area contributed by atoms with Crippen LogP contribution in [0.2, 0.25) is 0 Å². The van der Waals surface area contributed by atoms with E-state index in [1.165, 1.54) is 6.07 Å². The van der Waals surface area contributed by atoms with Gasteiger partial charge in [-0.25, -0.2) is 4.79 Å². The summed E-state index contributed by atoms with van der Waals surface area (Å²) in [5.74, 6) is 0.00306. The first-order valence-corrected chi connectivity index (χ1v) is 6.84. The third-order valence-corrected chi connectivity index (χ3v) is 3.09. The summed E-state index contributed by atoms with van der Waals surface area (Å²) in [7, 11) is 0. The summed E-state index contributed by atoms with van der Waals surface area (Å²) < 4.78 is 4.59. The lowest BCUT2D eigenvalue weighted by Crippen LogP contribution is -2.05. The van der Waals surface area contributed by atoms with Crippen LogP contribution in [0.15, 0.2) is 12.1 Å². The standard InChI is InChI=1S/C15H22O4/c1-3-5-6-8-12-11(7-4-2)9-10-13(14(12)16)19-15(17)18/h9-10,16H,3-8H2,1-2H3,(H,17,18). The van der Waals surface area contributed by atoms with Crippen LogP contribution in [0, 0.1) is 0 Å². The van der Waals surface area contributed by atoms with Gasteiger partial charge >= 0.3 is 6.16 Å². The number of aryl methyl sites for hydroxylation is 1. The topological polar surface area (TPSA) is 66.8 Å². The molecule has 0 aromatic heterocycles. The van der Waals surface area contributed by atoms with E-state index in [9.17, 15) is 9.90 Å². The van der Waals surface area contributed by atoms with Crippen molar-refractivity contribution in [3.63, 3.8) is 0 Å². The largest absolute Gasteiger partial charge is 0.511 e. The molecule has 0 amide bonds. The molecule has 106 valence electrons. The molecule has 1 aromatic rings. The van der Waals surface area contributed by atoms with E-state index in [4.69, 9.17) is 5.11 Å². The van der Waals surface area contributed by atoms with Crippen molar-refractivity contribution < 1.29 is 19.7 Å². The monoisotopic (exact) mass is 266 g/mol. The normalized spacial score (nSPS) is 10.4. The Kier molecular flexibility index (Phi) is 6.19. The molecular formula is C15H22O4. The highest BCUT2D eigenvalue weighted by Crippen LogP contribution is 2.34. The van der Waals surface area contributed by atoms with Gasteiger partial charge in [-0.05, 0) is 30.9 Å². The van der Waals surface area contributed by atoms with E-state index >= 15 is 0 Å². The summed E-state index contributed by atoms with van der Waals surface area (Å²) in [6, 6.07) is 3.38. The van der Waals surface area contributed by atoms with Crippen molar-refractivity contribution in [3.05, 3.63) is 23.3 Å². The molecule has 0 aliphatic heterocycles. The lowest BCUT2D eigenvalue weighted by atomic mass is 9.97. The molecule has 1 aromatic carbocycles. The van der Waals surface area contributed by atoms with Crippen LogP contribution in [0.4, 0.5) is 4.79 Å². The Labute approximate surface area is 114 Å². The zero-order chi connectivity index (χ0) is 14.3. The van der Waals surface area contributed by atoms with Crippen molar-refractivity contribution in [3.8, 4) is 11.5 Å². The number of benzene rings is 1. The van der Waals surface area contributed by atoms with Crippen LogP contribution >= 0.6 is 0 Å². The number of hydrogen-bond donors (Lipinski definition) is 2. The predicted octanol–water partition coefficient (Wildman–Crippen LogP) is 4.13. The van der Waals surface area contributed by atoms with Crippen LogP contribution in [-0.2, 0) is 12.8 Å². The summed E-state index contributed by atoms with van der Waals surface area (Å²) >= 11 is 0. The van der Waals surface area contributed by atoms with E-state index < -0.39 is 6.16 Å². The molecule has 4 heteroatoms. The predicted molar refractivity (Wildman–Crippen MR) is 74.0 cm³/mol. The van der Waals surface area contributed by atoms with Crippen LogP contribution in [0.5, 0.6) is 11.5 Å². The molecule has 0 spiro atoms. The molecule has 0 aliphatic rings. The Morgan fingerprint density at radius 2 is 1.89 bits per heavy atom. The van der Waals surface area contributed by atoms with Crippen LogP contribution in [-0.4, -0.2) is 16.4 Å². The van der Waals surface area contributed by atoms with E-state index in [1.807, 2.05) is 6.07 Å². The minimum atomic E-state index is -1.40. The van der Waals surface area contributed by atoms with Gasteiger partial charge < -0.3 is 14.9 Å². The fraction of sp³-hybridized carbons (Fsp3) is 0.533. The number of unbranched alkanes of at least 4 members (excludes halogenated alkanes) is 2. The first kappa shape index (κ1) is 15.3. The number of ether oxygens (including phenoxy) is 1. The Balaban J connectivity index is 3.00. The number of phenolic OH excluding ortho intramolecular Hbond substituents is 1. The minimum Gasteiger partial charge on any atom is -0.504 e. The van der Waals surface area contributed by atoms with Crippen molar-refractivity contribution >= 4 is 6.16 Å². The van der Waals surface area contributed by atoms with E-state index in [2.05, 4.69) is 18.6 Å². The summed E-state index contributed by atoms with van der Waals surface area (Å²) in [5.41, 5.74) is 1.91. The maximum atomic E-state index is 10.6. The molecule has 0 aliphatic carbocycles. The average Bonchev–Trinajstić information content (AvgIpc) is 2.36. The van der Waals surface area contributed by atoms with Gasteiger partial charge in [0.1, 0.15) is 0 Å². The van der Waals surface area contributed by atoms with Gasteiger partial charge in [0.05, 0.1) is 0 Å². The number of carbonyl (C=O) groups is 1. The van der Waals surface area contributed by atoms with Gasteiger partial charge in [0, 0.05) is 5.56 Å². The maximum absolute atomic E-state index is 10.6. The number of aromatic hydroxyl groups is 1. The quantitative estimate of drug-likeness (QED) is 0.442. The van der Waals surface area contributed by atoms with Crippen molar-refractivity contribution in [1.82, 2.24) is 0 Å². The number of rotatable bonds is 7. The Hall–Kier alpha value is -1.71. The molecule has 0 unspecified atom stereocenters.